The standard InChI is InChI=1S/C16H19NO3/c1-11-5-4-6-13(7-11)9-17-10-14-8-15(12(2)20-14)16(18)19-3/h4-8,17H,9-10H2,1-3H3. The number of ether oxygens (including phenoxy) is 1. The van der Waals surface area contributed by atoms with Crippen LogP contribution in [0.25, 0.3) is 0 Å². The van der Waals surface area contributed by atoms with E-state index in [4.69, 9.17) is 9.15 Å². The predicted octanol–water partition coefficient (Wildman–Crippen LogP) is 2.97. The number of aryl methyl sites for hydroxylation is 2. The molecule has 0 saturated carbocycles. The van der Waals surface area contributed by atoms with Crippen LogP contribution in [0.2, 0.25) is 0 Å². The van der Waals surface area contributed by atoms with Gasteiger partial charge < -0.3 is 14.5 Å². The summed E-state index contributed by atoms with van der Waals surface area (Å²) in [6, 6.07) is 10.1. The van der Waals surface area contributed by atoms with Gasteiger partial charge >= 0.3 is 5.97 Å². The summed E-state index contributed by atoms with van der Waals surface area (Å²) >= 11 is 0. The Bertz CT molecular complexity index is 602. The molecular weight excluding hydrogens is 254 g/mol. The van der Waals surface area contributed by atoms with E-state index in [1.807, 2.05) is 6.07 Å². The molecule has 1 N–H and O–H groups in total. The van der Waals surface area contributed by atoms with E-state index in [2.05, 4.69) is 30.4 Å². The Morgan fingerprint density at radius 1 is 1.25 bits per heavy atom. The van der Waals surface area contributed by atoms with Gasteiger partial charge in [-0.15, -0.1) is 0 Å². The van der Waals surface area contributed by atoms with E-state index in [-0.39, 0.29) is 5.97 Å². The maximum absolute atomic E-state index is 11.5. The SMILES string of the molecule is COC(=O)c1cc(CNCc2cccc(C)c2)oc1C. The van der Waals surface area contributed by atoms with Crippen LogP contribution in [0.15, 0.2) is 34.7 Å². The second-order valence-electron chi connectivity index (χ2n) is 4.77. The molecule has 0 radical (unpaired) electrons. The van der Waals surface area contributed by atoms with Crippen molar-refractivity contribution in [3.63, 3.8) is 0 Å². The normalized spacial score (nSPS) is 10.6. The van der Waals surface area contributed by atoms with Gasteiger partial charge in [-0.1, -0.05) is 29.8 Å². The van der Waals surface area contributed by atoms with Crippen molar-refractivity contribution in [3.8, 4) is 0 Å². The van der Waals surface area contributed by atoms with Gasteiger partial charge in [-0.3, -0.25) is 0 Å². The molecule has 1 aromatic heterocycles. The summed E-state index contributed by atoms with van der Waals surface area (Å²) in [4.78, 5) is 11.5. The molecule has 0 unspecified atom stereocenters. The first-order chi connectivity index (χ1) is 9.60. The van der Waals surface area contributed by atoms with Gasteiger partial charge in [0, 0.05) is 6.54 Å². The molecule has 1 heterocycles. The number of furan rings is 1. The quantitative estimate of drug-likeness (QED) is 0.851. The van der Waals surface area contributed by atoms with Crippen LogP contribution in [0.5, 0.6) is 0 Å². The zero-order chi connectivity index (χ0) is 14.5. The van der Waals surface area contributed by atoms with Gasteiger partial charge in [-0.05, 0) is 25.5 Å². The predicted molar refractivity (Wildman–Crippen MR) is 76.5 cm³/mol. The Kier molecular flexibility index (Phi) is 4.58. The van der Waals surface area contributed by atoms with Crippen molar-refractivity contribution in [2.24, 2.45) is 0 Å². The minimum Gasteiger partial charge on any atom is -0.465 e. The topological polar surface area (TPSA) is 51.5 Å². The molecule has 2 rings (SSSR count). The van der Waals surface area contributed by atoms with E-state index < -0.39 is 0 Å². The second kappa shape index (κ2) is 6.39. The summed E-state index contributed by atoms with van der Waals surface area (Å²) in [5, 5.41) is 3.30. The van der Waals surface area contributed by atoms with Gasteiger partial charge in [0.1, 0.15) is 17.1 Å². The monoisotopic (exact) mass is 273 g/mol. The number of rotatable bonds is 5. The molecule has 0 amide bonds. The van der Waals surface area contributed by atoms with Crippen molar-refractivity contribution >= 4 is 5.97 Å². The van der Waals surface area contributed by atoms with Crippen LogP contribution in [-0.4, -0.2) is 13.1 Å². The first-order valence-corrected chi connectivity index (χ1v) is 6.54. The third-order valence-corrected chi connectivity index (χ3v) is 3.08. The van der Waals surface area contributed by atoms with Gasteiger partial charge in [0.25, 0.3) is 0 Å². The molecule has 4 nitrogen and oxygen atoms in total. The number of hydrogen-bond acceptors (Lipinski definition) is 4. The van der Waals surface area contributed by atoms with Crippen LogP contribution in [0.4, 0.5) is 0 Å². The molecular formula is C16H19NO3. The lowest BCUT2D eigenvalue weighted by molar-refractivity contribution is 0.0599. The fourth-order valence-electron chi connectivity index (χ4n) is 2.10. The molecule has 4 heteroatoms. The molecule has 0 spiro atoms. The Morgan fingerprint density at radius 2 is 2.05 bits per heavy atom. The van der Waals surface area contributed by atoms with Crippen molar-refractivity contribution < 1.29 is 13.9 Å². The van der Waals surface area contributed by atoms with Crippen LogP contribution in [0.1, 0.15) is 33.0 Å². The lowest BCUT2D eigenvalue weighted by atomic mass is 10.1. The number of carbonyl (C=O) groups excluding carboxylic acids is 1. The number of hydrogen-bond donors (Lipinski definition) is 1. The molecule has 0 aliphatic heterocycles. The highest BCUT2D eigenvalue weighted by atomic mass is 16.5. The summed E-state index contributed by atoms with van der Waals surface area (Å²) in [7, 11) is 1.37. The third-order valence-electron chi connectivity index (χ3n) is 3.08. The highest BCUT2D eigenvalue weighted by Gasteiger charge is 2.14. The van der Waals surface area contributed by atoms with Gasteiger partial charge in [0.15, 0.2) is 0 Å². The molecule has 0 aliphatic rings. The molecule has 20 heavy (non-hydrogen) atoms. The van der Waals surface area contributed by atoms with Crippen molar-refractivity contribution in [3.05, 3.63) is 58.5 Å². The summed E-state index contributed by atoms with van der Waals surface area (Å²) < 4.78 is 10.2. The van der Waals surface area contributed by atoms with E-state index in [0.717, 1.165) is 12.3 Å². The number of benzene rings is 1. The molecule has 1 aromatic carbocycles. The molecule has 106 valence electrons. The number of methoxy groups -OCH3 is 1. The summed E-state index contributed by atoms with van der Waals surface area (Å²) in [5.74, 6) is 0.955. The Morgan fingerprint density at radius 3 is 2.75 bits per heavy atom. The minimum absolute atomic E-state index is 0.365. The molecule has 0 atom stereocenters. The fourth-order valence-corrected chi connectivity index (χ4v) is 2.10. The smallest absolute Gasteiger partial charge is 0.341 e. The van der Waals surface area contributed by atoms with Gasteiger partial charge in [0.05, 0.1) is 13.7 Å². The maximum atomic E-state index is 11.5. The molecule has 0 aliphatic carbocycles. The zero-order valence-corrected chi connectivity index (χ0v) is 12.0. The van der Waals surface area contributed by atoms with Crippen LogP contribution in [0, 0.1) is 13.8 Å². The van der Waals surface area contributed by atoms with E-state index in [1.165, 1.54) is 18.2 Å². The van der Waals surface area contributed by atoms with Crippen LogP contribution in [-0.2, 0) is 17.8 Å². The zero-order valence-electron chi connectivity index (χ0n) is 12.0. The third kappa shape index (κ3) is 3.48. The van der Waals surface area contributed by atoms with Crippen LogP contribution >= 0.6 is 0 Å². The Balaban J connectivity index is 1.93. The van der Waals surface area contributed by atoms with Gasteiger partial charge in [-0.25, -0.2) is 4.79 Å². The number of esters is 1. The summed E-state index contributed by atoms with van der Waals surface area (Å²) in [6.45, 7) is 5.17. The Hall–Kier alpha value is -2.07. The van der Waals surface area contributed by atoms with Crippen molar-refractivity contribution in [2.45, 2.75) is 26.9 Å². The molecule has 0 fully saturated rings. The van der Waals surface area contributed by atoms with Crippen molar-refractivity contribution in [1.29, 1.82) is 0 Å². The van der Waals surface area contributed by atoms with E-state index in [1.54, 1.807) is 13.0 Å². The minimum atomic E-state index is -0.365. The lowest BCUT2D eigenvalue weighted by Crippen LogP contribution is -2.12. The average molecular weight is 273 g/mol. The average Bonchev–Trinajstić information content (AvgIpc) is 2.79. The fraction of sp³-hybridized carbons (Fsp3) is 0.312. The number of nitrogens with one attached hydrogen (secondary N) is 1. The van der Waals surface area contributed by atoms with E-state index in [0.29, 0.717) is 17.9 Å². The van der Waals surface area contributed by atoms with Crippen molar-refractivity contribution in [2.75, 3.05) is 7.11 Å². The molecule has 2 aromatic rings. The van der Waals surface area contributed by atoms with E-state index in [9.17, 15) is 4.79 Å². The second-order valence-corrected chi connectivity index (χ2v) is 4.77. The summed E-state index contributed by atoms with van der Waals surface area (Å²) in [5.41, 5.74) is 2.95. The molecule has 0 bridgehead atoms. The van der Waals surface area contributed by atoms with Crippen molar-refractivity contribution in [1.82, 2.24) is 5.32 Å². The van der Waals surface area contributed by atoms with E-state index >= 15 is 0 Å². The van der Waals surface area contributed by atoms with Crippen LogP contribution in [0.3, 0.4) is 0 Å². The molecule has 0 saturated heterocycles. The van der Waals surface area contributed by atoms with Gasteiger partial charge in [0.2, 0.25) is 0 Å². The highest BCUT2D eigenvalue weighted by molar-refractivity contribution is 5.90. The maximum Gasteiger partial charge on any atom is 0.341 e. The first-order valence-electron chi connectivity index (χ1n) is 6.54. The Labute approximate surface area is 118 Å². The largest absolute Gasteiger partial charge is 0.465 e. The first kappa shape index (κ1) is 14.3. The lowest BCUT2D eigenvalue weighted by Gasteiger charge is -2.03. The van der Waals surface area contributed by atoms with Gasteiger partial charge in [-0.2, -0.15) is 0 Å². The number of carbonyl (C=O) groups is 1. The van der Waals surface area contributed by atoms with Crippen LogP contribution < -0.4 is 5.32 Å². The highest BCUT2D eigenvalue weighted by Crippen LogP contribution is 2.15. The summed E-state index contributed by atoms with van der Waals surface area (Å²) in [6.07, 6.45) is 0.